The maximum atomic E-state index is 11.7. The quantitative estimate of drug-likeness (QED) is 0.812. The van der Waals surface area contributed by atoms with Crippen molar-refractivity contribution in [1.82, 2.24) is 9.88 Å². The molecule has 2 fully saturated rings. The normalized spacial score (nSPS) is 23.3. The van der Waals surface area contributed by atoms with Gasteiger partial charge in [-0.2, -0.15) is 0 Å². The molecule has 120 valence electrons. The molecular weight excluding hydrogens is 284 g/mol. The molecule has 0 N–H and O–H groups in total. The SMILES string of the molecule is COCC(=O)N1CC2(C[C@@H](OCc3ccccn3)CCO2)C1. The van der Waals surface area contributed by atoms with Crippen LogP contribution in [0.25, 0.3) is 0 Å². The van der Waals surface area contributed by atoms with E-state index in [1.165, 1.54) is 7.11 Å². The highest BCUT2D eigenvalue weighted by atomic mass is 16.5. The molecule has 0 radical (unpaired) electrons. The predicted octanol–water partition coefficient (Wildman–Crippen LogP) is 1.00. The van der Waals surface area contributed by atoms with Crippen molar-refractivity contribution < 1.29 is 19.0 Å². The molecule has 1 amide bonds. The van der Waals surface area contributed by atoms with Crippen LogP contribution in [-0.2, 0) is 25.6 Å². The van der Waals surface area contributed by atoms with Gasteiger partial charge in [-0.15, -0.1) is 0 Å². The zero-order chi connectivity index (χ0) is 15.4. The zero-order valence-corrected chi connectivity index (χ0v) is 12.9. The largest absolute Gasteiger partial charge is 0.375 e. The molecule has 1 atom stereocenters. The highest BCUT2D eigenvalue weighted by Gasteiger charge is 2.49. The minimum absolute atomic E-state index is 0.0215. The van der Waals surface area contributed by atoms with Crippen molar-refractivity contribution in [3.05, 3.63) is 30.1 Å². The van der Waals surface area contributed by atoms with E-state index >= 15 is 0 Å². The molecule has 0 unspecified atom stereocenters. The third-order valence-corrected chi connectivity index (χ3v) is 4.22. The topological polar surface area (TPSA) is 60.9 Å². The van der Waals surface area contributed by atoms with E-state index in [-0.39, 0.29) is 24.2 Å². The molecule has 2 aliphatic rings. The van der Waals surface area contributed by atoms with Crippen LogP contribution in [-0.4, -0.2) is 60.9 Å². The molecule has 22 heavy (non-hydrogen) atoms. The Labute approximate surface area is 130 Å². The molecule has 6 nitrogen and oxygen atoms in total. The first-order chi connectivity index (χ1) is 10.7. The molecule has 0 aliphatic carbocycles. The van der Waals surface area contributed by atoms with Gasteiger partial charge in [-0.25, -0.2) is 0 Å². The van der Waals surface area contributed by atoms with Crippen LogP contribution in [0.15, 0.2) is 24.4 Å². The van der Waals surface area contributed by atoms with Gasteiger partial charge in [-0.3, -0.25) is 9.78 Å². The van der Waals surface area contributed by atoms with Gasteiger partial charge in [0.1, 0.15) is 12.2 Å². The molecule has 0 bridgehead atoms. The number of carbonyl (C=O) groups is 1. The number of amides is 1. The van der Waals surface area contributed by atoms with Gasteiger partial charge in [-0.1, -0.05) is 6.07 Å². The van der Waals surface area contributed by atoms with E-state index in [1.807, 2.05) is 18.2 Å². The summed E-state index contributed by atoms with van der Waals surface area (Å²) in [4.78, 5) is 17.8. The Hall–Kier alpha value is -1.50. The molecule has 2 saturated heterocycles. The van der Waals surface area contributed by atoms with Crippen LogP contribution < -0.4 is 0 Å². The van der Waals surface area contributed by atoms with E-state index in [0.29, 0.717) is 26.3 Å². The lowest BCUT2D eigenvalue weighted by molar-refractivity contribution is -0.204. The van der Waals surface area contributed by atoms with Crippen LogP contribution >= 0.6 is 0 Å². The third-order valence-electron chi connectivity index (χ3n) is 4.22. The smallest absolute Gasteiger partial charge is 0.248 e. The van der Waals surface area contributed by atoms with Crippen LogP contribution in [0.5, 0.6) is 0 Å². The second kappa shape index (κ2) is 6.73. The Kier molecular flexibility index (Phi) is 4.71. The van der Waals surface area contributed by atoms with Crippen LogP contribution in [0, 0.1) is 0 Å². The number of aromatic nitrogens is 1. The molecule has 6 heteroatoms. The van der Waals surface area contributed by atoms with Crippen molar-refractivity contribution in [1.29, 1.82) is 0 Å². The van der Waals surface area contributed by atoms with Crippen molar-refractivity contribution in [2.75, 3.05) is 33.4 Å². The average Bonchev–Trinajstić information content (AvgIpc) is 2.52. The summed E-state index contributed by atoms with van der Waals surface area (Å²) >= 11 is 0. The number of carbonyl (C=O) groups excluding carboxylic acids is 1. The van der Waals surface area contributed by atoms with Crippen LogP contribution in [0.1, 0.15) is 18.5 Å². The fourth-order valence-electron chi connectivity index (χ4n) is 3.07. The summed E-state index contributed by atoms with van der Waals surface area (Å²) in [5.41, 5.74) is 0.713. The average molecular weight is 306 g/mol. The molecule has 0 saturated carbocycles. The first kappa shape index (κ1) is 15.4. The number of likely N-dealkylation sites (tertiary alicyclic amines) is 1. The molecule has 1 aromatic heterocycles. The second-order valence-corrected chi connectivity index (χ2v) is 5.96. The zero-order valence-electron chi connectivity index (χ0n) is 12.9. The van der Waals surface area contributed by atoms with Gasteiger partial charge in [0, 0.05) is 26.3 Å². The first-order valence-corrected chi connectivity index (χ1v) is 7.63. The van der Waals surface area contributed by atoms with Crippen LogP contribution in [0.4, 0.5) is 0 Å². The van der Waals surface area contributed by atoms with Gasteiger partial charge in [0.05, 0.1) is 31.5 Å². The second-order valence-electron chi connectivity index (χ2n) is 5.96. The summed E-state index contributed by atoms with van der Waals surface area (Å²) in [6, 6.07) is 5.82. The molecule has 2 aliphatic heterocycles. The maximum absolute atomic E-state index is 11.7. The Bertz CT molecular complexity index is 502. The summed E-state index contributed by atoms with van der Waals surface area (Å²) < 4.78 is 16.8. The van der Waals surface area contributed by atoms with Gasteiger partial charge in [0.15, 0.2) is 0 Å². The van der Waals surface area contributed by atoms with Crippen molar-refractivity contribution in [2.45, 2.75) is 31.2 Å². The maximum Gasteiger partial charge on any atom is 0.248 e. The van der Waals surface area contributed by atoms with Crippen LogP contribution in [0.2, 0.25) is 0 Å². The summed E-state index contributed by atoms with van der Waals surface area (Å²) in [7, 11) is 1.53. The number of pyridine rings is 1. The minimum Gasteiger partial charge on any atom is -0.375 e. The number of nitrogens with zero attached hydrogens (tertiary/aromatic N) is 2. The van der Waals surface area contributed by atoms with E-state index in [1.54, 1.807) is 11.1 Å². The Morgan fingerprint density at radius 1 is 1.50 bits per heavy atom. The van der Waals surface area contributed by atoms with Crippen molar-refractivity contribution >= 4 is 5.91 Å². The third kappa shape index (κ3) is 3.45. The highest BCUT2D eigenvalue weighted by Crippen LogP contribution is 2.35. The van der Waals surface area contributed by atoms with Gasteiger partial charge in [0.2, 0.25) is 5.91 Å². The lowest BCUT2D eigenvalue weighted by atomic mass is 9.84. The van der Waals surface area contributed by atoms with E-state index in [4.69, 9.17) is 14.2 Å². The van der Waals surface area contributed by atoms with Gasteiger partial charge in [0.25, 0.3) is 0 Å². The number of methoxy groups -OCH3 is 1. The van der Waals surface area contributed by atoms with Crippen molar-refractivity contribution in [2.24, 2.45) is 0 Å². The van der Waals surface area contributed by atoms with Crippen molar-refractivity contribution in [3.63, 3.8) is 0 Å². The summed E-state index contributed by atoms with van der Waals surface area (Å²) in [6.07, 6.45) is 3.66. The number of ether oxygens (including phenoxy) is 3. The molecule has 3 heterocycles. The van der Waals surface area contributed by atoms with Gasteiger partial charge < -0.3 is 19.1 Å². The highest BCUT2D eigenvalue weighted by molar-refractivity contribution is 5.78. The lowest BCUT2D eigenvalue weighted by Gasteiger charge is -2.52. The van der Waals surface area contributed by atoms with Gasteiger partial charge in [-0.05, 0) is 18.6 Å². The monoisotopic (exact) mass is 306 g/mol. The van der Waals surface area contributed by atoms with E-state index in [2.05, 4.69) is 4.98 Å². The Morgan fingerprint density at radius 2 is 2.36 bits per heavy atom. The number of rotatable bonds is 5. The summed E-state index contributed by atoms with van der Waals surface area (Å²) in [5, 5.41) is 0. The standard InChI is InChI=1S/C16H22N2O4/c1-20-10-15(19)18-11-16(12-18)8-14(5-7-22-16)21-9-13-4-2-3-6-17-13/h2-4,6,14H,5,7-12H2,1H3/t14-/m0/s1. The Balaban J connectivity index is 1.47. The number of hydrogen-bond donors (Lipinski definition) is 0. The van der Waals surface area contributed by atoms with Crippen LogP contribution in [0.3, 0.4) is 0 Å². The van der Waals surface area contributed by atoms with Gasteiger partial charge >= 0.3 is 0 Å². The number of hydrogen-bond acceptors (Lipinski definition) is 5. The first-order valence-electron chi connectivity index (χ1n) is 7.63. The molecule has 3 rings (SSSR count). The molecule has 0 aromatic carbocycles. The molecule has 1 aromatic rings. The fourth-order valence-corrected chi connectivity index (χ4v) is 3.07. The Morgan fingerprint density at radius 3 is 3.09 bits per heavy atom. The summed E-state index contributed by atoms with van der Waals surface area (Å²) in [6.45, 7) is 2.61. The lowest BCUT2D eigenvalue weighted by Crippen LogP contribution is -2.67. The van der Waals surface area contributed by atoms with Crippen molar-refractivity contribution in [3.8, 4) is 0 Å². The molecular formula is C16H22N2O4. The van der Waals surface area contributed by atoms with E-state index in [9.17, 15) is 4.79 Å². The predicted molar refractivity (Wildman–Crippen MR) is 79.2 cm³/mol. The van der Waals surface area contributed by atoms with E-state index in [0.717, 1.165) is 18.5 Å². The molecule has 1 spiro atoms. The fraction of sp³-hybridized carbons (Fsp3) is 0.625. The van der Waals surface area contributed by atoms with E-state index < -0.39 is 0 Å². The minimum atomic E-state index is -0.226. The summed E-state index contributed by atoms with van der Waals surface area (Å²) in [5.74, 6) is 0.0215.